The van der Waals surface area contributed by atoms with Crippen LogP contribution in [0.4, 0.5) is 4.79 Å². The summed E-state index contributed by atoms with van der Waals surface area (Å²) in [4.78, 5) is 14.3. The Morgan fingerprint density at radius 2 is 1.88 bits per heavy atom. The third-order valence-corrected chi connectivity index (χ3v) is 5.66. The number of nitrogens with zero attached hydrogens (tertiary/aromatic N) is 1. The maximum Gasteiger partial charge on any atom is 0.410 e. The van der Waals surface area contributed by atoms with Crippen molar-refractivity contribution >= 4 is 6.09 Å². The molecule has 0 radical (unpaired) electrons. The molecule has 25 heavy (non-hydrogen) atoms. The van der Waals surface area contributed by atoms with Crippen molar-refractivity contribution in [3.8, 4) is 0 Å². The van der Waals surface area contributed by atoms with Gasteiger partial charge in [0.1, 0.15) is 5.60 Å². The number of carbonyl (C=O) groups is 1. The van der Waals surface area contributed by atoms with E-state index in [0.717, 1.165) is 38.8 Å². The summed E-state index contributed by atoms with van der Waals surface area (Å²) in [5.41, 5.74) is -0.436. The largest absolute Gasteiger partial charge is 0.444 e. The summed E-state index contributed by atoms with van der Waals surface area (Å²) in [5, 5.41) is 13.2. The molecular weight excluding hydrogens is 316 g/mol. The lowest BCUT2D eigenvalue weighted by Gasteiger charge is -2.33. The molecule has 2 fully saturated rings. The fraction of sp³-hybridized carbons (Fsp3) is 0.950. The summed E-state index contributed by atoms with van der Waals surface area (Å²) in [6, 6.07) is 0.645. The summed E-state index contributed by atoms with van der Waals surface area (Å²) >= 11 is 0. The second-order valence-corrected chi connectivity index (χ2v) is 9.00. The van der Waals surface area contributed by atoms with Crippen molar-refractivity contribution < 1.29 is 14.6 Å². The predicted molar refractivity (Wildman–Crippen MR) is 101 cm³/mol. The first kappa shape index (κ1) is 20.5. The number of hydrogen-bond acceptors (Lipinski definition) is 4. The second-order valence-electron chi connectivity index (χ2n) is 9.00. The van der Waals surface area contributed by atoms with Crippen LogP contribution in [0.25, 0.3) is 0 Å². The molecule has 5 heteroatoms. The molecule has 5 nitrogen and oxygen atoms in total. The van der Waals surface area contributed by atoms with Gasteiger partial charge >= 0.3 is 6.09 Å². The number of hydrogen-bond donors (Lipinski definition) is 2. The molecule has 2 rings (SSSR count). The highest BCUT2D eigenvalue weighted by atomic mass is 16.6. The Balaban J connectivity index is 1.78. The molecule has 0 spiro atoms. The van der Waals surface area contributed by atoms with Crippen molar-refractivity contribution in [1.82, 2.24) is 10.2 Å². The normalized spacial score (nSPS) is 28.8. The van der Waals surface area contributed by atoms with Gasteiger partial charge in [-0.05, 0) is 78.2 Å². The van der Waals surface area contributed by atoms with Crippen LogP contribution >= 0.6 is 0 Å². The van der Waals surface area contributed by atoms with Gasteiger partial charge in [0.25, 0.3) is 0 Å². The van der Waals surface area contributed by atoms with Gasteiger partial charge in [-0.15, -0.1) is 0 Å². The molecule has 1 aliphatic carbocycles. The summed E-state index contributed by atoms with van der Waals surface area (Å²) in [6.45, 7) is 10.1. The highest BCUT2D eigenvalue weighted by molar-refractivity contribution is 5.68. The van der Waals surface area contributed by atoms with Crippen LogP contribution in [-0.2, 0) is 4.74 Å². The molecule has 0 bridgehead atoms. The molecular formula is C20H38N2O3. The lowest BCUT2D eigenvalue weighted by atomic mass is 9.79. The Labute approximate surface area is 153 Å². The minimum atomic E-state index is -0.436. The number of carbonyl (C=O) groups excluding carboxylic acids is 1. The van der Waals surface area contributed by atoms with Crippen LogP contribution in [0.3, 0.4) is 0 Å². The first-order valence-corrected chi connectivity index (χ1v) is 10.1. The van der Waals surface area contributed by atoms with E-state index in [4.69, 9.17) is 4.74 Å². The molecule has 2 N–H and O–H groups in total. The zero-order valence-corrected chi connectivity index (χ0v) is 16.6. The first-order chi connectivity index (χ1) is 11.8. The van der Waals surface area contributed by atoms with Crippen LogP contribution < -0.4 is 5.32 Å². The standard InChI is InChI=1S/C20H38N2O3/c1-15(21-13-16-8-5-6-9-17(16)14-23)12-18-10-7-11-22(18)19(24)25-20(2,3)4/h15-18,21,23H,5-14H2,1-4H3. The maximum atomic E-state index is 12.4. The lowest BCUT2D eigenvalue weighted by molar-refractivity contribution is 0.0213. The molecule has 4 atom stereocenters. The van der Waals surface area contributed by atoms with Crippen molar-refractivity contribution in [2.45, 2.75) is 90.3 Å². The molecule has 0 aromatic heterocycles. The van der Waals surface area contributed by atoms with E-state index in [2.05, 4.69) is 12.2 Å². The molecule has 0 aromatic carbocycles. The van der Waals surface area contributed by atoms with Gasteiger partial charge in [-0.25, -0.2) is 4.79 Å². The lowest BCUT2D eigenvalue weighted by Crippen LogP contribution is -2.43. The number of ether oxygens (including phenoxy) is 1. The van der Waals surface area contributed by atoms with E-state index in [-0.39, 0.29) is 12.1 Å². The Kier molecular flexibility index (Phi) is 7.56. The number of aliphatic hydroxyl groups excluding tert-OH is 1. The zero-order chi connectivity index (χ0) is 18.4. The van der Waals surface area contributed by atoms with Gasteiger partial charge in [0.15, 0.2) is 0 Å². The Bertz CT molecular complexity index is 422. The van der Waals surface area contributed by atoms with E-state index in [1.165, 1.54) is 19.3 Å². The van der Waals surface area contributed by atoms with Gasteiger partial charge in [-0.3, -0.25) is 0 Å². The molecule has 2 aliphatic rings. The minimum absolute atomic E-state index is 0.171. The molecule has 1 heterocycles. The molecule has 4 unspecified atom stereocenters. The highest BCUT2D eigenvalue weighted by Crippen LogP contribution is 2.29. The van der Waals surface area contributed by atoms with Crippen molar-refractivity contribution in [3.05, 3.63) is 0 Å². The van der Waals surface area contributed by atoms with E-state index in [0.29, 0.717) is 24.5 Å². The van der Waals surface area contributed by atoms with Crippen LogP contribution in [0.1, 0.15) is 72.6 Å². The fourth-order valence-electron chi connectivity index (χ4n) is 4.28. The minimum Gasteiger partial charge on any atom is -0.444 e. The number of rotatable bonds is 6. The molecule has 1 saturated heterocycles. The molecule has 1 amide bonds. The van der Waals surface area contributed by atoms with Crippen LogP contribution in [0.2, 0.25) is 0 Å². The summed E-state index contributed by atoms with van der Waals surface area (Å²) in [7, 11) is 0. The van der Waals surface area contributed by atoms with Crippen LogP contribution in [0.15, 0.2) is 0 Å². The van der Waals surface area contributed by atoms with E-state index in [9.17, 15) is 9.90 Å². The summed E-state index contributed by atoms with van der Waals surface area (Å²) in [6.07, 6.45) is 7.84. The van der Waals surface area contributed by atoms with E-state index in [1.54, 1.807) is 0 Å². The van der Waals surface area contributed by atoms with Gasteiger partial charge in [-0.1, -0.05) is 12.8 Å². The number of amides is 1. The van der Waals surface area contributed by atoms with Gasteiger partial charge in [-0.2, -0.15) is 0 Å². The average molecular weight is 355 g/mol. The van der Waals surface area contributed by atoms with Crippen molar-refractivity contribution in [3.63, 3.8) is 0 Å². The topological polar surface area (TPSA) is 61.8 Å². The van der Waals surface area contributed by atoms with Crippen molar-refractivity contribution in [2.75, 3.05) is 19.7 Å². The van der Waals surface area contributed by atoms with Gasteiger partial charge in [0, 0.05) is 25.2 Å². The molecule has 0 aromatic rings. The fourth-order valence-corrected chi connectivity index (χ4v) is 4.28. The number of nitrogens with one attached hydrogen (secondary N) is 1. The van der Waals surface area contributed by atoms with Gasteiger partial charge in [0.05, 0.1) is 0 Å². The number of likely N-dealkylation sites (tertiary alicyclic amines) is 1. The monoisotopic (exact) mass is 354 g/mol. The Morgan fingerprint density at radius 3 is 2.52 bits per heavy atom. The van der Waals surface area contributed by atoms with Crippen molar-refractivity contribution in [1.29, 1.82) is 0 Å². The predicted octanol–water partition coefficient (Wildman–Crippen LogP) is 3.55. The van der Waals surface area contributed by atoms with Crippen LogP contribution in [-0.4, -0.2) is 53.5 Å². The quantitative estimate of drug-likeness (QED) is 0.766. The summed E-state index contributed by atoms with van der Waals surface area (Å²) < 4.78 is 5.56. The number of aliphatic hydroxyl groups is 1. The van der Waals surface area contributed by atoms with E-state index < -0.39 is 5.60 Å². The third kappa shape index (κ3) is 6.45. The van der Waals surface area contributed by atoms with Crippen LogP contribution in [0, 0.1) is 11.8 Å². The molecule has 1 aliphatic heterocycles. The Morgan fingerprint density at radius 1 is 1.20 bits per heavy atom. The average Bonchev–Trinajstić information content (AvgIpc) is 2.99. The first-order valence-electron chi connectivity index (χ1n) is 10.1. The maximum absolute atomic E-state index is 12.4. The van der Waals surface area contributed by atoms with E-state index >= 15 is 0 Å². The van der Waals surface area contributed by atoms with Gasteiger partial charge < -0.3 is 20.1 Å². The zero-order valence-electron chi connectivity index (χ0n) is 16.6. The Hall–Kier alpha value is -0.810. The SMILES string of the molecule is CC(CC1CCCN1C(=O)OC(C)(C)C)NCC1CCCCC1CO. The highest BCUT2D eigenvalue weighted by Gasteiger charge is 2.33. The van der Waals surface area contributed by atoms with Gasteiger partial charge in [0.2, 0.25) is 0 Å². The second kappa shape index (κ2) is 9.22. The van der Waals surface area contributed by atoms with E-state index in [1.807, 2.05) is 25.7 Å². The summed E-state index contributed by atoms with van der Waals surface area (Å²) in [5.74, 6) is 1.05. The van der Waals surface area contributed by atoms with Crippen molar-refractivity contribution in [2.24, 2.45) is 11.8 Å². The third-order valence-electron chi connectivity index (χ3n) is 5.66. The van der Waals surface area contributed by atoms with Crippen LogP contribution in [0.5, 0.6) is 0 Å². The molecule has 1 saturated carbocycles. The smallest absolute Gasteiger partial charge is 0.410 e. The molecule has 146 valence electrons.